The number of hydrogen-bond acceptors (Lipinski definition) is 5. The lowest BCUT2D eigenvalue weighted by Gasteiger charge is -2.24. The zero-order chi connectivity index (χ0) is 17.1. The molecule has 0 bridgehead atoms. The number of nitrogens with zero attached hydrogens (tertiary/aromatic N) is 2. The van der Waals surface area contributed by atoms with E-state index in [2.05, 4.69) is 31.9 Å². The molecule has 3 aromatic rings. The average molecular weight is 342 g/mol. The maximum atomic E-state index is 12.6. The zero-order valence-corrected chi connectivity index (χ0v) is 14.3. The van der Waals surface area contributed by atoms with Crippen molar-refractivity contribution in [3.05, 3.63) is 62.7 Å². The summed E-state index contributed by atoms with van der Waals surface area (Å²) in [6.07, 6.45) is 0. The Hall–Kier alpha value is -2.51. The van der Waals surface area contributed by atoms with Crippen LogP contribution in [0.2, 0.25) is 0 Å². The zero-order valence-electron chi connectivity index (χ0n) is 13.4. The number of likely N-dealkylation sites (N-methyl/N-ethyl adjacent to an activating group) is 1. The molecule has 1 aromatic carbocycles. The third-order valence-corrected chi connectivity index (χ3v) is 4.62. The van der Waals surface area contributed by atoms with Gasteiger partial charge in [-0.1, -0.05) is 18.2 Å². The summed E-state index contributed by atoms with van der Waals surface area (Å²) in [7, 11) is 3.95. The van der Waals surface area contributed by atoms with Gasteiger partial charge in [0.1, 0.15) is 0 Å². The second-order valence-corrected chi connectivity index (χ2v) is 6.47. The lowest BCUT2D eigenvalue weighted by molar-refractivity contribution is 0.0938. The molecule has 0 unspecified atom stereocenters. The van der Waals surface area contributed by atoms with Gasteiger partial charge in [0.2, 0.25) is 0 Å². The number of hydrogen-bond donors (Lipinski definition) is 2. The van der Waals surface area contributed by atoms with Crippen LogP contribution >= 0.6 is 11.3 Å². The Bertz CT molecular complexity index is 902. The number of H-pyrrole nitrogens is 1. The van der Waals surface area contributed by atoms with Crippen molar-refractivity contribution in [1.29, 1.82) is 0 Å². The summed E-state index contributed by atoms with van der Waals surface area (Å²) >= 11 is 1.63. The Labute approximate surface area is 143 Å². The molecule has 0 spiro atoms. The van der Waals surface area contributed by atoms with Crippen LogP contribution in [0, 0.1) is 0 Å². The number of nitrogens with one attached hydrogen (secondary N) is 2. The van der Waals surface area contributed by atoms with Crippen molar-refractivity contribution >= 4 is 28.0 Å². The molecule has 7 heteroatoms. The average Bonchev–Trinajstić information content (AvgIpc) is 3.09. The smallest absolute Gasteiger partial charge is 0.272 e. The van der Waals surface area contributed by atoms with Crippen molar-refractivity contribution < 1.29 is 4.79 Å². The van der Waals surface area contributed by atoms with Crippen molar-refractivity contribution in [2.45, 2.75) is 6.04 Å². The summed E-state index contributed by atoms with van der Waals surface area (Å²) in [6.45, 7) is 0.456. The highest BCUT2D eigenvalue weighted by Gasteiger charge is 2.18. The van der Waals surface area contributed by atoms with Crippen molar-refractivity contribution in [3.8, 4) is 0 Å². The number of carbonyl (C=O) groups is 1. The minimum atomic E-state index is -0.301. The van der Waals surface area contributed by atoms with Crippen LogP contribution < -0.4 is 10.9 Å². The molecular weight excluding hydrogens is 324 g/mol. The van der Waals surface area contributed by atoms with Crippen molar-refractivity contribution in [2.75, 3.05) is 20.6 Å². The quantitative estimate of drug-likeness (QED) is 0.743. The van der Waals surface area contributed by atoms with E-state index >= 15 is 0 Å². The number of aromatic amines is 1. The van der Waals surface area contributed by atoms with Crippen LogP contribution in [0.1, 0.15) is 22.1 Å². The summed E-state index contributed by atoms with van der Waals surface area (Å²) in [4.78, 5) is 26.4. The summed E-state index contributed by atoms with van der Waals surface area (Å²) in [5, 5.41) is 14.3. The highest BCUT2D eigenvalue weighted by molar-refractivity contribution is 7.07. The van der Waals surface area contributed by atoms with Gasteiger partial charge in [-0.25, -0.2) is 5.10 Å². The number of aromatic nitrogens is 2. The first kappa shape index (κ1) is 16.4. The fourth-order valence-electron chi connectivity index (χ4n) is 2.62. The second-order valence-electron chi connectivity index (χ2n) is 5.69. The number of thiophene rings is 1. The predicted octanol–water partition coefficient (Wildman–Crippen LogP) is 2.02. The monoisotopic (exact) mass is 342 g/mol. The minimum absolute atomic E-state index is 0.0780. The molecule has 0 aliphatic rings. The van der Waals surface area contributed by atoms with Crippen LogP contribution in [0.4, 0.5) is 0 Å². The van der Waals surface area contributed by atoms with E-state index < -0.39 is 0 Å². The van der Waals surface area contributed by atoms with E-state index in [1.54, 1.807) is 35.6 Å². The highest BCUT2D eigenvalue weighted by atomic mass is 32.1. The standard InChI is InChI=1S/C17H18N4O2S/c1-21(2)14(11-7-8-24-10-11)9-18-17(23)15-12-5-3-4-6-13(12)16(22)20-19-15/h3-8,10,14H,9H2,1-2H3,(H,18,23)(H,20,22)/t14-/m1/s1. The molecule has 0 aliphatic heterocycles. The Kier molecular flexibility index (Phi) is 4.73. The first-order valence-corrected chi connectivity index (χ1v) is 8.46. The van der Waals surface area contributed by atoms with Gasteiger partial charge in [-0.15, -0.1) is 0 Å². The van der Waals surface area contributed by atoms with E-state index in [0.29, 0.717) is 17.3 Å². The van der Waals surface area contributed by atoms with Gasteiger partial charge in [0, 0.05) is 11.9 Å². The largest absolute Gasteiger partial charge is 0.349 e. The first-order valence-electron chi connectivity index (χ1n) is 7.52. The van der Waals surface area contributed by atoms with Gasteiger partial charge in [0.15, 0.2) is 5.69 Å². The van der Waals surface area contributed by atoms with Crippen LogP contribution in [0.3, 0.4) is 0 Å². The molecule has 2 N–H and O–H groups in total. The van der Waals surface area contributed by atoms with E-state index in [9.17, 15) is 9.59 Å². The molecule has 0 radical (unpaired) electrons. The van der Waals surface area contributed by atoms with Crippen molar-refractivity contribution in [1.82, 2.24) is 20.4 Å². The van der Waals surface area contributed by atoms with Crippen LogP contribution in [0.5, 0.6) is 0 Å². The molecule has 0 aliphatic carbocycles. The number of benzene rings is 1. The number of amides is 1. The van der Waals surface area contributed by atoms with Gasteiger partial charge < -0.3 is 10.2 Å². The topological polar surface area (TPSA) is 78.1 Å². The third kappa shape index (κ3) is 3.22. The number of carbonyl (C=O) groups excluding carboxylic acids is 1. The maximum Gasteiger partial charge on any atom is 0.272 e. The van der Waals surface area contributed by atoms with E-state index in [0.717, 1.165) is 5.56 Å². The van der Waals surface area contributed by atoms with Gasteiger partial charge in [0.25, 0.3) is 11.5 Å². The van der Waals surface area contributed by atoms with E-state index in [-0.39, 0.29) is 23.2 Å². The number of fused-ring (bicyclic) bond motifs is 1. The molecule has 3 rings (SSSR count). The normalized spacial score (nSPS) is 12.5. The molecule has 0 fully saturated rings. The Morgan fingerprint density at radius 3 is 2.71 bits per heavy atom. The van der Waals surface area contributed by atoms with E-state index in [4.69, 9.17) is 0 Å². The molecule has 2 aromatic heterocycles. The third-order valence-electron chi connectivity index (χ3n) is 3.92. The van der Waals surface area contributed by atoms with Gasteiger partial charge in [-0.05, 0) is 42.6 Å². The Balaban J connectivity index is 1.83. The fraction of sp³-hybridized carbons (Fsp3) is 0.235. The summed E-state index contributed by atoms with van der Waals surface area (Å²) in [5.74, 6) is -0.301. The molecule has 1 atom stereocenters. The summed E-state index contributed by atoms with van der Waals surface area (Å²) < 4.78 is 0. The lowest BCUT2D eigenvalue weighted by Crippen LogP contribution is -2.35. The number of rotatable bonds is 5. The minimum Gasteiger partial charge on any atom is -0.349 e. The fourth-order valence-corrected chi connectivity index (χ4v) is 3.33. The molecular formula is C17H18N4O2S. The van der Waals surface area contributed by atoms with Gasteiger partial charge >= 0.3 is 0 Å². The molecule has 24 heavy (non-hydrogen) atoms. The van der Waals surface area contributed by atoms with E-state index in [1.165, 1.54) is 0 Å². The Morgan fingerprint density at radius 1 is 1.29 bits per heavy atom. The molecule has 0 saturated carbocycles. The van der Waals surface area contributed by atoms with Crippen LogP contribution in [-0.2, 0) is 0 Å². The summed E-state index contributed by atoms with van der Waals surface area (Å²) in [6, 6.07) is 9.09. The first-order chi connectivity index (χ1) is 11.6. The van der Waals surface area contributed by atoms with E-state index in [1.807, 2.05) is 19.5 Å². The van der Waals surface area contributed by atoms with Crippen molar-refractivity contribution in [3.63, 3.8) is 0 Å². The predicted molar refractivity (Wildman–Crippen MR) is 95.4 cm³/mol. The van der Waals surface area contributed by atoms with Gasteiger partial charge in [-0.3, -0.25) is 9.59 Å². The van der Waals surface area contributed by atoms with Crippen LogP contribution in [-0.4, -0.2) is 41.6 Å². The molecule has 1 amide bonds. The van der Waals surface area contributed by atoms with Gasteiger partial charge in [0.05, 0.1) is 11.4 Å². The second kappa shape index (κ2) is 6.94. The molecule has 6 nitrogen and oxygen atoms in total. The SMILES string of the molecule is CN(C)[C@H](CNC(=O)c1n[nH]c(=O)c2ccccc12)c1ccsc1. The van der Waals surface area contributed by atoms with Gasteiger partial charge in [-0.2, -0.15) is 16.4 Å². The summed E-state index contributed by atoms with van der Waals surface area (Å²) in [5.41, 5.74) is 1.09. The molecule has 0 saturated heterocycles. The van der Waals surface area contributed by atoms with Crippen LogP contribution in [0.25, 0.3) is 10.8 Å². The maximum absolute atomic E-state index is 12.6. The molecule has 124 valence electrons. The molecule has 2 heterocycles. The lowest BCUT2D eigenvalue weighted by atomic mass is 10.1. The highest BCUT2D eigenvalue weighted by Crippen LogP contribution is 2.20. The van der Waals surface area contributed by atoms with Crippen molar-refractivity contribution in [2.24, 2.45) is 0 Å². The Morgan fingerprint density at radius 2 is 2.04 bits per heavy atom. The van der Waals surface area contributed by atoms with Crippen LogP contribution in [0.15, 0.2) is 45.9 Å².